The first-order chi connectivity index (χ1) is 14.4. The maximum Gasteiger partial charge on any atom is 0.200 e. The van der Waals surface area contributed by atoms with Crippen molar-refractivity contribution >= 4 is 28.4 Å². The Labute approximate surface area is 176 Å². The lowest BCUT2D eigenvalue weighted by atomic mass is 10.0. The van der Waals surface area contributed by atoms with Crippen LogP contribution in [-0.2, 0) is 0 Å². The summed E-state index contributed by atoms with van der Waals surface area (Å²) in [7, 11) is 2.93. The molecule has 0 aliphatic heterocycles. The van der Waals surface area contributed by atoms with Crippen LogP contribution < -0.4 is 9.47 Å². The number of aromatic hydroxyl groups is 2. The first-order valence-electron chi connectivity index (χ1n) is 8.67. The van der Waals surface area contributed by atoms with Crippen LogP contribution in [0, 0.1) is 0 Å². The fraction of sp³-hybridized carbons (Fsp3) is 0.0952. The Hall–Kier alpha value is -3.78. The van der Waals surface area contributed by atoms with Crippen molar-refractivity contribution in [3.63, 3.8) is 0 Å². The summed E-state index contributed by atoms with van der Waals surface area (Å²) in [5.41, 5.74) is 1.81. The van der Waals surface area contributed by atoms with E-state index in [-0.39, 0.29) is 22.6 Å². The molecular weight excluding hydrogens is 410 g/mol. The zero-order chi connectivity index (χ0) is 21.7. The Balaban J connectivity index is 0.000000212. The van der Waals surface area contributed by atoms with E-state index in [2.05, 4.69) is 15.4 Å². The molecule has 30 heavy (non-hydrogen) atoms. The molecule has 0 aliphatic rings. The highest BCUT2D eigenvalue weighted by molar-refractivity contribution is 6.31. The number of phenolic OH excluding ortho intramolecular Hbond substituents is 2. The molecule has 0 atom stereocenters. The van der Waals surface area contributed by atoms with Crippen molar-refractivity contribution in [3.8, 4) is 23.0 Å². The van der Waals surface area contributed by atoms with E-state index in [9.17, 15) is 15.0 Å². The number of benzene rings is 3. The summed E-state index contributed by atoms with van der Waals surface area (Å²) >= 11 is 5.69. The second-order valence-electron chi connectivity index (χ2n) is 6.05. The molecule has 0 aliphatic carbocycles. The highest BCUT2D eigenvalue weighted by Crippen LogP contribution is 2.30. The quantitative estimate of drug-likeness (QED) is 0.422. The lowest BCUT2D eigenvalue weighted by Gasteiger charge is -2.08. The van der Waals surface area contributed by atoms with Gasteiger partial charge in [-0.3, -0.25) is 4.79 Å². The van der Waals surface area contributed by atoms with E-state index >= 15 is 0 Å². The molecule has 4 rings (SSSR count). The molecule has 154 valence electrons. The van der Waals surface area contributed by atoms with E-state index in [1.807, 2.05) is 6.07 Å². The van der Waals surface area contributed by atoms with Gasteiger partial charge in [0.05, 0.1) is 25.3 Å². The number of rotatable bonds is 4. The molecular formula is C21H18ClN3O5. The number of ketones is 1. The minimum absolute atomic E-state index is 0.0891. The van der Waals surface area contributed by atoms with Gasteiger partial charge in [-0.1, -0.05) is 11.6 Å². The van der Waals surface area contributed by atoms with Crippen molar-refractivity contribution in [3.05, 3.63) is 70.7 Å². The molecule has 0 saturated heterocycles. The van der Waals surface area contributed by atoms with Gasteiger partial charge in [-0.2, -0.15) is 15.4 Å². The highest BCUT2D eigenvalue weighted by Gasteiger charge is 2.18. The summed E-state index contributed by atoms with van der Waals surface area (Å²) in [5, 5.41) is 30.6. The number of H-pyrrole nitrogens is 1. The molecule has 1 heterocycles. The smallest absolute Gasteiger partial charge is 0.200 e. The molecule has 1 aromatic heterocycles. The zero-order valence-corrected chi connectivity index (χ0v) is 16.8. The summed E-state index contributed by atoms with van der Waals surface area (Å²) in [6.45, 7) is 0. The van der Waals surface area contributed by atoms with Crippen molar-refractivity contribution in [1.82, 2.24) is 15.4 Å². The third kappa shape index (κ3) is 4.61. The zero-order valence-electron chi connectivity index (χ0n) is 16.1. The number of fused-ring (bicyclic) bond motifs is 1. The van der Waals surface area contributed by atoms with Crippen LogP contribution in [0.25, 0.3) is 11.0 Å². The monoisotopic (exact) mass is 427 g/mol. The number of phenols is 2. The second-order valence-corrected chi connectivity index (χ2v) is 6.49. The summed E-state index contributed by atoms with van der Waals surface area (Å²) in [6, 6.07) is 14.1. The molecule has 8 nitrogen and oxygen atoms in total. The first-order valence-corrected chi connectivity index (χ1v) is 9.05. The minimum atomic E-state index is -0.481. The average molecular weight is 428 g/mol. The largest absolute Gasteiger partial charge is 0.507 e. The Morgan fingerprint density at radius 3 is 1.87 bits per heavy atom. The van der Waals surface area contributed by atoms with E-state index < -0.39 is 5.78 Å². The van der Waals surface area contributed by atoms with Gasteiger partial charge in [0, 0.05) is 17.2 Å². The van der Waals surface area contributed by atoms with Crippen LogP contribution in [0.1, 0.15) is 15.9 Å². The van der Waals surface area contributed by atoms with E-state index in [0.717, 1.165) is 11.0 Å². The molecule has 0 radical (unpaired) electrons. The van der Waals surface area contributed by atoms with Crippen molar-refractivity contribution < 1.29 is 24.5 Å². The lowest BCUT2D eigenvalue weighted by molar-refractivity contribution is 0.103. The SMILES string of the molecule is COc1ccc(C(=O)c2ccc(OC)cc2O)c(O)c1.Clc1ccc2n[nH]nc2c1. The third-order valence-electron chi connectivity index (χ3n) is 4.18. The van der Waals surface area contributed by atoms with Crippen molar-refractivity contribution in [1.29, 1.82) is 0 Å². The Morgan fingerprint density at radius 2 is 1.37 bits per heavy atom. The van der Waals surface area contributed by atoms with Crippen LogP contribution in [-0.4, -0.2) is 45.6 Å². The summed E-state index contributed by atoms with van der Waals surface area (Å²) < 4.78 is 9.90. The summed E-state index contributed by atoms with van der Waals surface area (Å²) in [5.74, 6) is -0.00421. The van der Waals surface area contributed by atoms with Crippen LogP contribution in [0.3, 0.4) is 0 Å². The predicted octanol–water partition coefficient (Wildman–Crippen LogP) is 3.96. The summed E-state index contributed by atoms with van der Waals surface area (Å²) in [6.07, 6.45) is 0. The Morgan fingerprint density at radius 1 is 0.833 bits per heavy atom. The van der Waals surface area contributed by atoms with Gasteiger partial charge in [-0.25, -0.2) is 0 Å². The van der Waals surface area contributed by atoms with Crippen molar-refractivity contribution in [2.24, 2.45) is 0 Å². The van der Waals surface area contributed by atoms with Gasteiger partial charge in [-0.15, -0.1) is 0 Å². The molecule has 0 amide bonds. The number of carbonyl (C=O) groups is 1. The third-order valence-corrected chi connectivity index (χ3v) is 4.41. The first kappa shape index (κ1) is 20.9. The maximum atomic E-state index is 12.3. The van der Waals surface area contributed by atoms with E-state index in [0.29, 0.717) is 16.5 Å². The number of halogens is 1. The molecule has 3 aromatic carbocycles. The number of nitrogens with zero attached hydrogens (tertiary/aromatic N) is 2. The van der Waals surface area contributed by atoms with Crippen molar-refractivity contribution in [2.45, 2.75) is 0 Å². The van der Waals surface area contributed by atoms with Crippen LogP contribution in [0.4, 0.5) is 0 Å². The number of methoxy groups -OCH3 is 2. The molecule has 4 aromatic rings. The van der Waals surface area contributed by atoms with Crippen LogP contribution in [0.15, 0.2) is 54.6 Å². The molecule has 0 fully saturated rings. The number of hydrogen-bond donors (Lipinski definition) is 3. The molecule has 0 spiro atoms. The van der Waals surface area contributed by atoms with Gasteiger partial charge in [0.1, 0.15) is 34.0 Å². The Kier molecular flexibility index (Phi) is 6.38. The van der Waals surface area contributed by atoms with E-state index in [1.54, 1.807) is 24.3 Å². The van der Waals surface area contributed by atoms with Crippen LogP contribution in [0.5, 0.6) is 23.0 Å². The van der Waals surface area contributed by atoms with Crippen LogP contribution in [0.2, 0.25) is 5.02 Å². The average Bonchev–Trinajstić information content (AvgIpc) is 3.21. The van der Waals surface area contributed by atoms with Crippen molar-refractivity contribution in [2.75, 3.05) is 14.2 Å². The topological polar surface area (TPSA) is 118 Å². The second kappa shape index (κ2) is 9.15. The fourth-order valence-electron chi connectivity index (χ4n) is 2.62. The Bertz CT molecular complexity index is 1140. The number of aromatic amines is 1. The number of nitrogens with one attached hydrogen (secondary N) is 1. The van der Waals surface area contributed by atoms with Gasteiger partial charge in [-0.05, 0) is 42.5 Å². The van der Waals surface area contributed by atoms with E-state index in [4.69, 9.17) is 21.1 Å². The number of aromatic nitrogens is 3. The fourth-order valence-corrected chi connectivity index (χ4v) is 2.79. The minimum Gasteiger partial charge on any atom is -0.507 e. The molecule has 0 unspecified atom stereocenters. The molecule has 3 N–H and O–H groups in total. The standard InChI is InChI=1S/C15H14O5.C6H4ClN3/c1-19-9-3-5-11(13(16)7-9)15(18)12-6-4-10(20-2)8-14(12)17;7-4-1-2-5-6(3-4)9-10-8-5/h3-8,16-17H,1-2H3;1-3H,(H,8,9,10). The number of carbonyl (C=O) groups excluding carboxylic acids is 1. The summed E-state index contributed by atoms with van der Waals surface area (Å²) in [4.78, 5) is 12.3. The van der Waals surface area contributed by atoms with E-state index in [1.165, 1.54) is 38.5 Å². The molecule has 0 bridgehead atoms. The molecule has 9 heteroatoms. The van der Waals surface area contributed by atoms with Crippen LogP contribution >= 0.6 is 11.6 Å². The maximum absolute atomic E-state index is 12.3. The van der Waals surface area contributed by atoms with Gasteiger partial charge < -0.3 is 19.7 Å². The predicted molar refractivity (Wildman–Crippen MR) is 112 cm³/mol. The normalized spacial score (nSPS) is 10.2. The molecule has 0 saturated carbocycles. The lowest BCUT2D eigenvalue weighted by Crippen LogP contribution is -2.02. The van der Waals surface area contributed by atoms with Gasteiger partial charge in [0.15, 0.2) is 5.78 Å². The van der Waals surface area contributed by atoms with Gasteiger partial charge in [0.25, 0.3) is 0 Å². The number of ether oxygens (including phenoxy) is 2. The van der Waals surface area contributed by atoms with Gasteiger partial charge in [0.2, 0.25) is 0 Å². The highest BCUT2D eigenvalue weighted by atomic mass is 35.5. The van der Waals surface area contributed by atoms with Gasteiger partial charge >= 0.3 is 0 Å². The number of hydrogen-bond acceptors (Lipinski definition) is 7.